The van der Waals surface area contributed by atoms with Gasteiger partial charge in [-0.05, 0) is 32.1 Å². The second kappa shape index (κ2) is 6.54. The van der Waals surface area contributed by atoms with Crippen LogP contribution in [0.1, 0.15) is 39.0 Å². The smallest absolute Gasteiger partial charge is 0.183 e. The first-order valence-corrected chi connectivity index (χ1v) is 7.63. The van der Waals surface area contributed by atoms with Gasteiger partial charge in [0, 0.05) is 17.3 Å². The van der Waals surface area contributed by atoms with Gasteiger partial charge in [0.2, 0.25) is 0 Å². The van der Waals surface area contributed by atoms with Gasteiger partial charge in [-0.2, -0.15) is 5.10 Å². The van der Waals surface area contributed by atoms with Crippen molar-refractivity contribution in [3.63, 3.8) is 0 Å². The lowest BCUT2D eigenvalue weighted by Gasteiger charge is -2.32. The first-order chi connectivity index (χ1) is 8.78. The Bertz CT molecular complexity index is 336. The molecule has 0 spiro atoms. The number of H-pyrrole nitrogens is 1. The minimum atomic E-state index is -0.0802. The average Bonchev–Trinajstić information content (AvgIpc) is 3.05. The molecule has 0 bridgehead atoms. The highest BCUT2D eigenvalue weighted by atomic mass is 32.2. The van der Waals surface area contributed by atoms with E-state index >= 15 is 0 Å². The number of nitrogens with zero attached hydrogens (tertiary/aromatic N) is 2. The van der Waals surface area contributed by atoms with Gasteiger partial charge in [-0.15, -0.1) is 0 Å². The lowest BCUT2D eigenvalue weighted by atomic mass is 9.91. The van der Waals surface area contributed by atoms with Crippen LogP contribution in [0.5, 0.6) is 0 Å². The van der Waals surface area contributed by atoms with E-state index in [-0.39, 0.29) is 12.1 Å². The number of aromatic amines is 1. The number of aromatic nitrogens is 3. The van der Waals surface area contributed by atoms with Crippen LogP contribution in [0.25, 0.3) is 0 Å². The molecule has 1 aromatic rings. The third-order valence-corrected chi connectivity index (χ3v) is 4.46. The highest BCUT2D eigenvalue weighted by Crippen LogP contribution is 2.27. The molecule has 0 aliphatic heterocycles. The Kier molecular flexibility index (Phi) is 5.03. The van der Waals surface area contributed by atoms with Crippen LogP contribution in [0.4, 0.5) is 0 Å². The number of hydrogen-bond donors (Lipinski definition) is 3. The van der Waals surface area contributed by atoms with Crippen LogP contribution in [0.15, 0.2) is 11.5 Å². The Labute approximate surface area is 112 Å². The number of hydrogen-bond acceptors (Lipinski definition) is 5. The van der Waals surface area contributed by atoms with E-state index in [9.17, 15) is 5.11 Å². The summed E-state index contributed by atoms with van der Waals surface area (Å²) < 4.78 is 0. The zero-order chi connectivity index (χ0) is 12.8. The van der Waals surface area contributed by atoms with Crippen molar-refractivity contribution in [2.75, 3.05) is 12.4 Å². The van der Waals surface area contributed by atoms with Crippen molar-refractivity contribution in [3.8, 4) is 0 Å². The molecular weight excluding hydrogens is 248 g/mol. The van der Waals surface area contributed by atoms with Gasteiger partial charge in [0.15, 0.2) is 5.16 Å². The zero-order valence-corrected chi connectivity index (χ0v) is 11.7. The predicted octanol–water partition coefficient (Wildman–Crippen LogP) is 1.57. The van der Waals surface area contributed by atoms with Crippen LogP contribution < -0.4 is 5.32 Å². The molecule has 0 saturated heterocycles. The van der Waals surface area contributed by atoms with Gasteiger partial charge in [0.05, 0.1) is 6.61 Å². The van der Waals surface area contributed by atoms with E-state index in [1.807, 2.05) is 0 Å². The monoisotopic (exact) mass is 270 g/mol. The van der Waals surface area contributed by atoms with Crippen molar-refractivity contribution in [2.24, 2.45) is 0 Å². The maximum atomic E-state index is 9.64. The normalized spacial score (nSPS) is 18.8. The molecule has 102 valence electrons. The van der Waals surface area contributed by atoms with E-state index in [1.54, 1.807) is 11.8 Å². The summed E-state index contributed by atoms with van der Waals surface area (Å²) in [4.78, 5) is 4.08. The molecule has 1 unspecified atom stereocenters. The second-order valence-corrected chi connectivity index (χ2v) is 6.04. The molecule has 0 amide bonds. The fraction of sp³-hybridized carbons (Fsp3) is 0.833. The quantitative estimate of drug-likeness (QED) is 0.469. The molecule has 18 heavy (non-hydrogen) atoms. The van der Waals surface area contributed by atoms with Crippen molar-refractivity contribution in [1.82, 2.24) is 20.5 Å². The summed E-state index contributed by atoms with van der Waals surface area (Å²) in [7, 11) is 0. The molecule has 1 aromatic heterocycles. The van der Waals surface area contributed by atoms with Crippen LogP contribution >= 0.6 is 11.8 Å². The standard InChI is InChI=1S/C12H22N4OS/c1-2-12(8-17,15-10-4-5-10)6-3-7-18-11-13-9-14-16-11/h9-10,15,17H,2-8H2,1H3,(H,13,14,16). The van der Waals surface area contributed by atoms with Crippen molar-refractivity contribution in [3.05, 3.63) is 6.33 Å². The predicted molar refractivity (Wildman–Crippen MR) is 72.6 cm³/mol. The van der Waals surface area contributed by atoms with Gasteiger partial charge in [0.1, 0.15) is 6.33 Å². The van der Waals surface area contributed by atoms with Gasteiger partial charge in [-0.1, -0.05) is 18.7 Å². The first kappa shape index (κ1) is 13.8. The van der Waals surface area contributed by atoms with Gasteiger partial charge < -0.3 is 10.4 Å². The maximum Gasteiger partial charge on any atom is 0.183 e. The van der Waals surface area contributed by atoms with Gasteiger partial charge >= 0.3 is 0 Å². The molecule has 1 heterocycles. The Morgan fingerprint density at radius 3 is 3.00 bits per heavy atom. The fourth-order valence-electron chi connectivity index (χ4n) is 2.09. The Morgan fingerprint density at radius 2 is 2.44 bits per heavy atom. The number of aliphatic hydroxyl groups excluding tert-OH is 1. The van der Waals surface area contributed by atoms with Crippen molar-refractivity contribution < 1.29 is 5.11 Å². The van der Waals surface area contributed by atoms with E-state index in [4.69, 9.17) is 0 Å². The molecule has 1 saturated carbocycles. The topological polar surface area (TPSA) is 73.8 Å². The molecule has 3 N–H and O–H groups in total. The van der Waals surface area contributed by atoms with Crippen LogP contribution in [-0.4, -0.2) is 44.2 Å². The molecule has 1 aliphatic rings. The van der Waals surface area contributed by atoms with E-state index in [0.29, 0.717) is 6.04 Å². The molecule has 1 aliphatic carbocycles. The summed E-state index contributed by atoms with van der Waals surface area (Å²) in [5.41, 5.74) is -0.0802. The van der Waals surface area contributed by atoms with Crippen LogP contribution in [-0.2, 0) is 0 Å². The molecule has 5 nitrogen and oxygen atoms in total. The van der Waals surface area contributed by atoms with Gasteiger partial charge in [-0.3, -0.25) is 5.10 Å². The third-order valence-electron chi connectivity index (χ3n) is 3.50. The summed E-state index contributed by atoms with van der Waals surface area (Å²) in [5, 5.41) is 20.8. The number of rotatable bonds is 9. The van der Waals surface area contributed by atoms with Crippen LogP contribution in [0.3, 0.4) is 0 Å². The van der Waals surface area contributed by atoms with Crippen molar-refractivity contribution in [2.45, 2.75) is 55.8 Å². The highest BCUT2D eigenvalue weighted by Gasteiger charge is 2.33. The number of aliphatic hydroxyl groups is 1. The van der Waals surface area contributed by atoms with E-state index < -0.39 is 0 Å². The summed E-state index contributed by atoms with van der Waals surface area (Å²) in [6, 6.07) is 0.638. The second-order valence-electron chi connectivity index (χ2n) is 4.95. The summed E-state index contributed by atoms with van der Waals surface area (Å²) in [6.45, 7) is 2.38. The molecule has 1 fully saturated rings. The van der Waals surface area contributed by atoms with Crippen molar-refractivity contribution >= 4 is 11.8 Å². The Balaban J connectivity index is 1.71. The zero-order valence-electron chi connectivity index (χ0n) is 10.9. The van der Waals surface area contributed by atoms with E-state index in [1.165, 1.54) is 19.2 Å². The summed E-state index contributed by atoms with van der Waals surface area (Å²) in [5.74, 6) is 1.00. The Hall–Kier alpha value is -0.590. The molecule has 1 atom stereocenters. The molecule has 0 radical (unpaired) electrons. The summed E-state index contributed by atoms with van der Waals surface area (Å²) >= 11 is 1.68. The van der Waals surface area contributed by atoms with Crippen molar-refractivity contribution in [1.29, 1.82) is 0 Å². The van der Waals surface area contributed by atoms with Gasteiger partial charge in [0.25, 0.3) is 0 Å². The largest absolute Gasteiger partial charge is 0.394 e. The molecular formula is C12H22N4OS. The van der Waals surface area contributed by atoms with Gasteiger partial charge in [-0.25, -0.2) is 4.98 Å². The number of thioether (sulfide) groups is 1. The summed E-state index contributed by atoms with van der Waals surface area (Å²) in [6.07, 6.45) is 7.11. The minimum absolute atomic E-state index is 0.0802. The molecule has 0 aromatic carbocycles. The Morgan fingerprint density at radius 1 is 1.61 bits per heavy atom. The first-order valence-electron chi connectivity index (χ1n) is 6.65. The molecule has 6 heteroatoms. The average molecular weight is 270 g/mol. The minimum Gasteiger partial charge on any atom is -0.394 e. The molecule has 2 rings (SSSR count). The fourth-order valence-corrected chi connectivity index (χ4v) is 2.81. The highest BCUT2D eigenvalue weighted by molar-refractivity contribution is 7.99. The lowest BCUT2D eigenvalue weighted by molar-refractivity contribution is 0.144. The van der Waals surface area contributed by atoms with E-state index in [2.05, 4.69) is 27.4 Å². The third kappa shape index (κ3) is 3.96. The van der Waals surface area contributed by atoms with E-state index in [0.717, 1.165) is 30.2 Å². The lowest BCUT2D eigenvalue weighted by Crippen LogP contribution is -2.49. The maximum absolute atomic E-state index is 9.64. The van der Waals surface area contributed by atoms with Crippen LogP contribution in [0, 0.1) is 0 Å². The van der Waals surface area contributed by atoms with Crippen LogP contribution in [0.2, 0.25) is 0 Å². The SMILES string of the molecule is CCC(CO)(CCCSc1ncn[nH]1)NC1CC1. The number of nitrogens with one attached hydrogen (secondary N) is 2.